The smallest absolute Gasteiger partial charge is 0.335 e. The van der Waals surface area contributed by atoms with E-state index in [0.717, 1.165) is 5.69 Å². The minimum atomic E-state index is -0.844. The molecule has 0 aliphatic rings. The molecular formula is C14H17N3O3. The van der Waals surface area contributed by atoms with Gasteiger partial charge in [-0.15, -0.1) is 5.10 Å². The van der Waals surface area contributed by atoms with Gasteiger partial charge in [0.25, 0.3) is 0 Å². The molecule has 1 N–H and O–H groups in total. The summed E-state index contributed by atoms with van der Waals surface area (Å²) in [7, 11) is 0. The number of benzene rings is 1. The van der Waals surface area contributed by atoms with Crippen molar-refractivity contribution in [1.29, 1.82) is 0 Å². The maximum Gasteiger partial charge on any atom is 0.335 e. The van der Waals surface area contributed by atoms with Crippen LogP contribution in [0, 0.1) is 5.41 Å². The van der Waals surface area contributed by atoms with Crippen LogP contribution in [-0.4, -0.2) is 32.4 Å². The second kappa shape index (κ2) is 5.73. The van der Waals surface area contributed by atoms with Crippen LogP contribution in [-0.2, 0) is 4.79 Å². The molecule has 0 aliphatic carbocycles. The highest BCUT2D eigenvalue weighted by Gasteiger charge is 2.26. The van der Waals surface area contributed by atoms with Gasteiger partial charge in [-0.2, -0.15) is 4.98 Å². The molecule has 0 spiro atoms. The highest BCUT2D eigenvalue weighted by atomic mass is 16.5. The molecule has 0 bridgehead atoms. The van der Waals surface area contributed by atoms with Crippen molar-refractivity contribution in [3.8, 4) is 11.7 Å². The van der Waals surface area contributed by atoms with Crippen molar-refractivity contribution in [2.24, 2.45) is 5.41 Å². The Hall–Kier alpha value is -2.37. The number of para-hydroxylation sites is 1. The molecule has 0 atom stereocenters. The number of carboxylic acids is 1. The Balaban J connectivity index is 1.93. The van der Waals surface area contributed by atoms with E-state index < -0.39 is 11.4 Å². The predicted molar refractivity (Wildman–Crippen MR) is 72.9 cm³/mol. The molecule has 0 unspecified atom stereocenters. The van der Waals surface area contributed by atoms with Gasteiger partial charge in [0, 0.05) is 0 Å². The van der Waals surface area contributed by atoms with Gasteiger partial charge in [0.15, 0.2) is 0 Å². The van der Waals surface area contributed by atoms with E-state index in [0.29, 0.717) is 6.42 Å². The van der Waals surface area contributed by atoms with E-state index in [4.69, 9.17) is 9.84 Å². The van der Waals surface area contributed by atoms with E-state index >= 15 is 0 Å². The number of carbonyl (C=O) groups is 1. The summed E-state index contributed by atoms with van der Waals surface area (Å²) in [4.78, 5) is 15.0. The Bertz CT molecular complexity index is 578. The third-order valence-electron chi connectivity index (χ3n) is 3.03. The summed E-state index contributed by atoms with van der Waals surface area (Å²) in [5.74, 6) is -0.844. The first-order valence-corrected chi connectivity index (χ1v) is 6.32. The van der Waals surface area contributed by atoms with Gasteiger partial charge in [0.05, 0.1) is 17.7 Å². The van der Waals surface area contributed by atoms with Crippen molar-refractivity contribution in [2.45, 2.75) is 20.3 Å². The molecule has 0 aliphatic heterocycles. The lowest BCUT2D eigenvalue weighted by Gasteiger charge is -2.17. The zero-order valence-corrected chi connectivity index (χ0v) is 11.5. The lowest BCUT2D eigenvalue weighted by Crippen LogP contribution is -2.26. The molecule has 1 aromatic heterocycles. The van der Waals surface area contributed by atoms with E-state index in [9.17, 15) is 4.79 Å². The summed E-state index contributed by atoms with van der Waals surface area (Å²) >= 11 is 0. The van der Waals surface area contributed by atoms with Gasteiger partial charge in [-0.05, 0) is 32.4 Å². The number of hydrogen-bond donors (Lipinski definition) is 1. The van der Waals surface area contributed by atoms with Gasteiger partial charge >= 0.3 is 12.0 Å². The summed E-state index contributed by atoms with van der Waals surface area (Å²) in [5.41, 5.74) is 0.0721. The maximum absolute atomic E-state index is 11.0. The normalized spacial score (nSPS) is 11.3. The van der Waals surface area contributed by atoms with Gasteiger partial charge in [0.1, 0.15) is 6.33 Å². The largest absolute Gasteiger partial charge is 0.481 e. The van der Waals surface area contributed by atoms with Crippen LogP contribution in [0.3, 0.4) is 0 Å². The average molecular weight is 275 g/mol. The van der Waals surface area contributed by atoms with Crippen LogP contribution < -0.4 is 4.74 Å². The number of rotatable bonds is 6. The highest BCUT2D eigenvalue weighted by Crippen LogP contribution is 2.20. The van der Waals surface area contributed by atoms with Crippen LogP contribution in [0.1, 0.15) is 20.3 Å². The first-order valence-electron chi connectivity index (χ1n) is 6.32. The quantitative estimate of drug-likeness (QED) is 0.874. The molecule has 2 rings (SSSR count). The average Bonchev–Trinajstić information content (AvgIpc) is 2.88. The SMILES string of the molecule is CC(C)(CCOc1ncn(-c2ccccc2)n1)C(=O)O. The molecule has 0 radical (unpaired) electrons. The molecule has 0 saturated heterocycles. The van der Waals surface area contributed by atoms with Crippen molar-refractivity contribution in [1.82, 2.24) is 14.8 Å². The molecule has 6 nitrogen and oxygen atoms in total. The molecule has 20 heavy (non-hydrogen) atoms. The monoisotopic (exact) mass is 275 g/mol. The maximum atomic E-state index is 11.0. The van der Waals surface area contributed by atoms with E-state index in [1.165, 1.54) is 0 Å². The lowest BCUT2D eigenvalue weighted by molar-refractivity contribution is -0.147. The third-order valence-corrected chi connectivity index (χ3v) is 3.03. The molecule has 6 heteroatoms. The molecule has 0 saturated carbocycles. The number of aliphatic carboxylic acids is 1. The molecule has 2 aromatic rings. The van der Waals surface area contributed by atoms with Crippen molar-refractivity contribution in [3.63, 3.8) is 0 Å². The Morgan fingerprint density at radius 3 is 2.70 bits per heavy atom. The second-order valence-corrected chi connectivity index (χ2v) is 5.09. The van der Waals surface area contributed by atoms with Gasteiger partial charge < -0.3 is 9.84 Å². The molecular weight excluding hydrogens is 258 g/mol. The minimum Gasteiger partial charge on any atom is -0.481 e. The number of nitrogens with zero attached hydrogens (tertiary/aromatic N) is 3. The Morgan fingerprint density at radius 1 is 1.35 bits per heavy atom. The number of aromatic nitrogens is 3. The zero-order chi connectivity index (χ0) is 14.6. The van der Waals surface area contributed by atoms with Crippen LogP contribution in [0.5, 0.6) is 6.01 Å². The van der Waals surface area contributed by atoms with Crippen LogP contribution >= 0.6 is 0 Å². The summed E-state index contributed by atoms with van der Waals surface area (Å²) in [6.45, 7) is 3.58. The van der Waals surface area contributed by atoms with Gasteiger partial charge in [-0.3, -0.25) is 4.79 Å². The van der Waals surface area contributed by atoms with E-state index in [1.807, 2.05) is 30.3 Å². The van der Waals surface area contributed by atoms with Crippen LogP contribution in [0.2, 0.25) is 0 Å². The fourth-order valence-electron chi connectivity index (χ4n) is 1.52. The van der Waals surface area contributed by atoms with Gasteiger partial charge in [-0.1, -0.05) is 18.2 Å². The first-order chi connectivity index (χ1) is 9.49. The molecule has 1 aromatic carbocycles. The standard InChI is InChI=1S/C14H17N3O3/c1-14(2,12(18)19)8-9-20-13-15-10-17(16-13)11-6-4-3-5-7-11/h3-7,10H,8-9H2,1-2H3,(H,18,19). The Kier molecular flexibility index (Phi) is 4.02. The zero-order valence-electron chi connectivity index (χ0n) is 11.5. The van der Waals surface area contributed by atoms with Gasteiger partial charge in [-0.25, -0.2) is 4.68 Å². The molecule has 106 valence electrons. The van der Waals surface area contributed by atoms with Crippen molar-refractivity contribution in [2.75, 3.05) is 6.61 Å². The molecule has 0 fully saturated rings. The van der Waals surface area contributed by atoms with Crippen molar-refractivity contribution < 1.29 is 14.6 Å². The summed E-state index contributed by atoms with van der Waals surface area (Å²) in [6.07, 6.45) is 1.95. The molecule has 1 heterocycles. The highest BCUT2D eigenvalue weighted by molar-refractivity contribution is 5.73. The fourth-order valence-corrected chi connectivity index (χ4v) is 1.52. The van der Waals surface area contributed by atoms with Crippen LogP contribution in [0.15, 0.2) is 36.7 Å². The Labute approximate surface area is 117 Å². The summed E-state index contributed by atoms with van der Waals surface area (Å²) in [5, 5.41) is 13.2. The number of carboxylic acid groups (broad SMARTS) is 1. The van der Waals surface area contributed by atoms with E-state index in [2.05, 4.69) is 10.1 Å². The lowest BCUT2D eigenvalue weighted by atomic mass is 9.90. The number of ether oxygens (including phenoxy) is 1. The minimum absolute atomic E-state index is 0.245. The Morgan fingerprint density at radius 2 is 2.05 bits per heavy atom. The van der Waals surface area contributed by atoms with Crippen molar-refractivity contribution in [3.05, 3.63) is 36.7 Å². The third kappa shape index (κ3) is 3.34. The summed E-state index contributed by atoms with van der Waals surface area (Å²) in [6, 6.07) is 9.80. The van der Waals surface area contributed by atoms with Crippen molar-refractivity contribution >= 4 is 5.97 Å². The predicted octanol–water partition coefficient (Wildman–Crippen LogP) is 2.15. The van der Waals surface area contributed by atoms with E-state index in [-0.39, 0.29) is 12.6 Å². The summed E-state index contributed by atoms with van der Waals surface area (Å²) < 4.78 is 7.00. The second-order valence-electron chi connectivity index (χ2n) is 5.09. The molecule has 0 amide bonds. The van der Waals surface area contributed by atoms with E-state index in [1.54, 1.807) is 24.9 Å². The van der Waals surface area contributed by atoms with Crippen LogP contribution in [0.4, 0.5) is 0 Å². The first kappa shape index (κ1) is 14.0. The topological polar surface area (TPSA) is 77.2 Å². The van der Waals surface area contributed by atoms with Gasteiger partial charge in [0.2, 0.25) is 0 Å². The fraction of sp³-hybridized carbons (Fsp3) is 0.357. The van der Waals surface area contributed by atoms with Crippen LogP contribution in [0.25, 0.3) is 5.69 Å². The number of hydrogen-bond acceptors (Lipinski definition) is 4.